The van der Waals surface area contributed by atoms with Gasteiger partial charge in [0, 0.05) is 19.3 Å². The van der Waals surface area contributed by atoms with E-state index >= 15 is 0 Å². The predicted molar refractivity (Wildman–Crippen MR) is 136 cm³/mol. The highest BCUT2D eigenvalue weighted by atomic mass is 16.5. The van der Waals surface area contributed by atoms with Crippen LogP contribution in [0.1, 0.15) is 44.9 Å². The SMILES string of the molecule is COc1cc2c(cc1C(=O)Nc1cccc(-c3nnnn3[C@H](C)CO)n1)CN(C(=O)c1ccccn1)CC2. The Morgan fingerprint density at radius 2 is 2.03 bits per heavy atom. The van der Waals surface area contributed by atoms with E-state index in [0.29, 0.717) is 53.9 Å². The number of anilines is 1. The van der Waals surface area contributed by atoms with Crippen molar-refractivity contribution in [2.75, 3.05) is 25.6 Å². The molecule has 194 valence electrons. The summed E-state index contributed by atoms with van der Waals surface area (Å²) in [4.78, 5) is 36.6. The molecule has 1 aliphatic rings. The van der Waals surface area contributed by atoms with Crippen molar-refractivity contribution in [3.8, 4) is 17.3 Å². The molecular weight excluding hydrogens is 488 g/mol. The first-order valence-electron chi connectivity index (χ1n) is 12.1. The lowest BCUT2D eigenvalue weighted by Crippen LogP contribution is -2.36. The number of tetrazole rings is 1. The summed E-state index contributed by atoms with van der Waals surface area (Å²) >= 11 is 0. The number of benzene rings is 1. The first-order valence-corrected chi connectivity index (χ1v) is 12.1. The Labute approximate surface area is 218 Å². The van der Waals surface area contributed by atoms with Crippen molar-refractivity contribution in [2.45, 2.75) is 25.9 Å². The van der Waals surface area contributed by atoms with Crippen LogP contribution in [0.25, 0.3) is 11.5 Å². The van der Waals surface area contributed by atoms with E-state index in [2.05, 4.69) is 30.8 Å². The third-order valence-corrected chi connectivity index (χ3v) is 6.34. The van der Waals surface area contributed by atoms with Crippen LogP contribution in [0.15, 0.2) is 54.7 Å². The molecule has 4 aromatic rings. The van der Waals surface area contributed by atoms with Crippen molar-refractivity contribution in [3.05, 3.63) is 77.1 Å². The molecule has 0 saturated carbocycles. The molecule has 1 aliphatic heterocycles. The highest BCUT2D eigenvalue weighted by molar-refractivity contribution is 6.06. The van der Waals surface area contributed by atoms with Gasteiger partial charge in [0.1, 0.15) is 23.0 Å². The smallest absolute Gasteiger partial charge is 0.272 e. The fraction of sp³-hybridized carbons (Fsp3) is 0.269. The second-order valence-corrected chi connectivity index (χ2v) is 8.85. The zero-order valence-corrected chi connectivity index (χ0v) is 20.9. The Balaban J connectivity index is 1.38. The first-order chi connectivity index (χ1) is 18.5. The number of pyridine rings is 2. The van der Waals surface area contributed by atoms with Gasteiger partial charge in [0.15, 0.2) is 0 Å². The predicted octanol–water partition coefficient (Wildman–Crippen LogP) is 2.14. The van der Waals surface area contributed by atoms with Gasteiger partial charge in [-0.1, -0.05) is 12.1 Å². The number of aliphatic hydroxyl groups excluding tert-OH is 1. The van der Waals surface area contributed by atoms with Gasteiger partial charge < -0.3 is 20.1 Å². The fourth-order valence-electron chi connectivity index (χ4n) is 4.31. The van der Waals surface area contributed by atoms with E-state index in [1.165, 1.54) is 11.8 Å². The topological polar surface area (TPSA) is 148 Å². The summed E-state index contributed by atoms with van der Waals surface area (Å²) in [6.45, 7) is 2.53. The van der Waals surface area contributed by atoms with Crippen LogP contribution >= 0.6 is 0 Å². The number of carbonyl (C=O) groups excluding carboxylic acids is 2. The Kier molecular flexibility index (Phi) is 7.05. The van der Waals surface area contributed by atoms with E-state index in [4.69, 9.17) is 4.74 Å². The van der Waals surface area contributed by atoms with E-state index in [1.54, 1.807) is 60.5 Å². The fourth-order valence-corrected chi connectivity index (χ4v) is 4.31. The Morgan fingerprint density at radius 3 is 2.79 bits per heavy atom. The van der Waals surface area contributed by atoms with Gasteiger partial charge in [-0.15, -0.1) is 5.10 Å². The first kappa shape index (κ1) is 25.0. The molecule has 3 aromatic heterocycles. The van der Waals surface area contributed by atoms with Crippen molar-refractivity contribution in [3.63, 3.8) is 0 Å². The number of carbonyl (C=O) groups is 2. The van der Waals surface area contributed by atoms with E-state index in [-0.39, 0.29) is 18.6 Å². The minimum Gasteiger partial charge on any atom is -0.496 e. The van der Waals surface area contributed by atoms with Crippen LogP contribution < -0.4 is 10.1 Å². The number of nitrogens with zero attached hydrogens (tertiary/aromatic N) is 7. The molecule has 0 saturated heterocycles. The second-order valence-electron chi connectivity index (χ2n) is 8.85. The van der Waals surface area contributed by atoms with Crippen molar-refractivity contribution < 1.29 is 19.4 Å². The van der Waals surface area contributed by atoms with Gasteiger partial charge in [-0.2, -0.15) is 0 Å². The third kappa shape index (κ3) is 4.93. The number of aliphatic hydroxyl groups is 1. The maximum Gasteiger partial charge on any atom is 0.272 e. The molecule has 0 spiro atoms. The van der Waals surface area contributed by atoms with Gasteiger partial charge in [0.05, 0.1) is 25.3 Å². The highest BCUT2D eigenvalue weighted by Gasteiger charge is 2.26. The van der Waals surface area contributed by atoms with Gasteiger partial charge in [-0.05, 0) is 71.3 Å². The van der Waals surface area contributed by atoms with Crippen LogP contribution in [-0.4, -0.2) is 72.3 Å². The molecule has 1 aromatic carbocycles. The van der Waals surface area contributed by atoms with Crippen molar-refractivity contribution in [2.24, 2.45) is 0 Å². The maximum absolute atomic E-state index is 13.3. The molecule has 2 amide bonds. The number of amides is 2. The molecule has 0 unspecified atom stereocenters. The van der Waals surface area contributed by atoms with Crippen LogP contribution in [0.5, 0.6) is 5.75 Å². The second kappa shape index (κ2) is 10.7. The normalized spacial score (nSPS) is 13.5. The lowest BCUT2D eigenvalue weighted by atomic mass is 9.96. The van der Waals surface area contributed by atoms with Crippen molar-refractivity contribution >= 4 is 17.6 Å². The summed E-state index contributed by atoms with van der Waals surface area (Å²) < 4.78 is 7.00. The summed E-state index contributed by atoms with van der Waals surface area (Å²) in [6.07, 6.45) is 2.23. The Bertz CT molecular complexity index is 1470. The van der Waals surface area contributed by atoms with Gasteiger partial charge >= 0.3 is 0 Å². The number of methoxy groups -OCH3 is 1. The van der Waals surface area contributed by atoms with Crippen LogP contribution in [-0.2, 0) is 13.0 Å². The summed E-state index contributed by atoms with van der Waals surface area (Å²) in [5, 5.41) is 23.9. The quantitative estimate of drug-likeness (QED) is 0.378. The molecule has 1 atom stereocenters. The molecule has 0 fully saturated rings. The number of aromatic nitrogens is 6. The molecule has 2 N–H and O–H groups in total. The minimum absolute atomic E-state index is 0.141. The van der Waals surface area contributed by atoms with Crippen molar-refractivity contribution in [1.29, 1.82) is 0 Å². The van der Waals surface area contributed by atoms with Gasteiger partial charge in [-0.3, -0.25) is 14.6 Å². The van der Waals surface area contributed by atoms with E-state index in [9.17, 15) is 14.7 Å². The molecule has 38 heavy (non-hydrogen) atoms. The summed E-state index contributed by atoms with van der Waals surface area (Å²) in [5.74, 6) is 0.530. The van der Waals surface area contributed by atoms with Crippen LogP contribution in [0.3, 0.4) is 0 Å². The number of rotatable bonds is 7. The molecule has 12 nitrogen and oxygen atoms in total. The molecule has 0 aliphatic carbocycles. The number of fused-ring (bicyclic) bond motifs is 1. The summed E-state index contributed by atoms with van der Waals surface area (Å²) in [6, 6.07) is 13.6. The standard InChI is InChI=1S/C26H26N8O4/c1-16(15-35)34-24(30-31-32-34)20-7-5-8-23(28-20)29-25(36)19-12-18-14-33(11-9-17(18)13-22(19)38-2)26(37)21-6-3-4-10-27-21/h3-8,10,12-13,16,35H,9,11,14-15H2,1-2H3,(H,28,29,36)/t16-/m1/s1. The molecule has 0 radical (unpaired) electrons. The molecule has 5 rings (SSSR count). The summed E-state index contributed by atoms with van der Waals surface area (Å²) in [7, 11) is 1.51. The number of nitrogens with one attached hydrogen (secondary N) is 1. The summed E-state index contributed by atoms with van der Waals surface area (Å²) in [5.41, 5.74) is 3.03. The minimum atomic E-state index is -0.411. The maximum atomic E-state index is 13.3. The van der Waals surface area contributed by atoms with Crippen molar-refractivity contribution in [1.82, 2.24) is 35.1 Å². The van der Waals surface area contributed by atoms with E-state index in [0.717, 1.165) is 11.1 Å². The number of hydrogen-bond donors (Lipinski definition) is 2. The molecule has 0 bridgehead atoms. The van der Waals surface area contributed by atoms with Gasteiger partial charge in [0.25, 0.3) is 11.8 Å². The molecular formula is C26H26N8O4. The Hall–Kier alpha value is -4.71. The van der Waals surface area contributed by atoms with Crippen LogP contribution in [0, 0.1) is 0 Å². The van der Waals surface area contributed by atoms with Crippen LogP contribution in [0.2, 0.25) is 0 Å². The van der Waals surface area contributed by atoms with Gasteiger partial charge in [-0.25, -0.2) is 9.67 Å². The third-order valence-electron chi connectivity index (χ3n) is 6.34. The lowest BCUT2D eigenvalue weighted by molar-refractivity contribution is 0.0728. The molecule has 4 heterocycles. The Morgan fingerprint density at radius 1 is 1.16 bits per heavy atom. The monoisotopic (exact) mass is 514 g/mol. The number of hydrogen-bond acceptors (Lipinski definition) is 9. The average Bonchev–Trinajstić information content (AvgIpc) is 3.46. The van der Waals surface area contributed by atoms with Gasteiger partial charge in [0.2, 0.25) is 5.82 Å². The largest absolute Gasteiger partial charge is 0.496 e. The van der Waals surface area contributed by atoms with E-state index < -0.39 is 5.91 Å². The van der Waals surface area contributed by atoms with E-state index in [1.807, 2.05) is 6.07 Å². The molecule has 12 heteroatoms. The number of ether oxygens (including phenoxy) is 1. The zero-order valence-electron chi connectivity index (χ0n) is 20.9. The van der Waals surface area contributed by atoms with Crippen LogP contribution in [0.4, 0.5) is 5.82 Å². The lowest BCUT2D eigenvalue weighted by Gasteiger charge is -2.29. The average molecular weight is 515 g/mol. The highest BCUT2D eigenvalue weighted by Crippen LogP contribution is 2.29. The zero-order chi connectivity index (χ0) is 26.6.